The van der Waals surface area contributed by atoms with E-state index >= 15 is 0 Å². The van der Waals surface area contributed by atoms with Crippen molar-refractivity contribution in [1.29, 1.82) is 0 Å². The zero-order chi connectivity index (χ0) is 26.2. The van der Waals surface area contributed by atoms with E-state index in [0.717, 1.165) is 11.1 Å². The second-order valence-corrected chi connectivity index (χ2v) is 8.54. The summed E-state index contributed by atoms with van der Waals surface area (Å²) in [5.74, 6) is -1.72. The van der Waals surface area contributed by atoms with Crippen LogP contribution in [0.3, 0.4) is 0 Å². The number of carbonyl (C=O) groups is 3. The molecular weight excluding hydrogens is 456 g/mol. The van der Waals surface area contributed by atoms with E-state index in [9.17, 15) is 19.5 Å². The fraction of sp³-hybridized carbons (Fsp3) is 0.345. The van der Waals surface area contributed by atoms with Gasteiger partial charge in [-0.2, -0.15) is 0 Å². The highest BCUT2D eigenvalue weighted by Crippen LogP contribution is 2.17. The normalized spacial score (nSPS) is 13.0. The van der Waals surface area contributed by atoms with Crippen molar-refractivity contribution in [2.45, 2.75) is 44.2 Å². The molecule has 2 amide bonds. The van der Waals surface area contributed by atoms with E-state index in [0.29, 0.717) is 19.3 Å². The number of hydrogen-bond acceptors (Lipinski definition) is 5. The van der Waals surface area contributed by atoms with Gasteiger partial charge in [0.15, 0.2) is 0 Å². The summed E-state index contributed by atoms with van der Waals surface area (Å²) < 4.78 is 5.38. The monoisotopic (exact) mass is 492 g/mol. The maximum Gasteiger partial charge on any atom is 0.306 e. The first-order valence-electron chi connectivity index (χ1n) is 12.1. The lowest BCUT2D eigenvalue weighted by Crippen LogP contribution is -2.42. The molecule has 2 aromatic rings. The number of esters is 1. The topological polar surface area (TPSA) is 105 Å². The van der Waals surface area contributed by atoms with Gasteiger partial charge in [-0.05, 0) is 30.4 Å². The predicted octanol–water partition coefficient (Wildman–Crippen LogP) is 3.66. The molecule has 3 unspecified atom stereocenters. The lowest BCUT2D eigenvalue weighted by Gasteiger charge is -2.23. The summed E-state index contributed by atoms with van der Waals surface area (Å²) in [5.41, 5.74) is 1.78. The van der Waals surface area contributed by atoms with Gasteiger partial charge in [-0.25, -0.2) is 0 Å². The Morgan fingerprint density at radius 2 is 1.61 bits per heavy atom. The molecule has 192 valence electrons. The first-order valence-corrected chi connectivity index (χ1v) is 12.1. The molecule has 36 heavy (non-hydrogen) atoms. The highest BCUT2D eigenvalue weighted by Gasteiger charge is 2.25. The number of hydrogen-bond donors (Lipinski definition) is 3. The molecule has 0 aromatic heterocycles. The van der Waals surface area contributed by atoms with Crippen LogP contribution in [0.15, 0.2) is 86.0 Å². The maximum absolute atomic E-state index is 13.2. The summed E-state index contributed by atoms with van der Waals surface area (Å²) in [6.07, 6.45) is 4.67. The van der Waals surface area contributed by atoms with Gasteiger partial charge in [0.05, 0.1) is 24.6 Å². The van der Waals surface area contributed by atoms with Crippen molar-refractivity contribution < 1.29 is 24.2 Å². The zero-order valence-corrected chi connectivity index (χ0v) is 20.6. The van der Waals surface area contributed by atoms with Crippen LogP contribution in [0.25, 0.3) is 0 Å². The van der Waals surface area contributed by atoms with Crippen LogP contribution in [0.1, 0.15) is 42.9 Å². The molecule has 0 saturated carbocycles. The molecular formula is C29H36N2O5. The van der Waals surface area contributed by atoms with Crippen LogP contribution in [-0.2, 0) is 25.5 Å². The summed E-state index contributed by atoms with van der Waals surface area (Å²) >= 11 is 0. The number of allylic oxidation sites excluding steroid dienone is 2. The summed E-state index contributed by atoms with van der Waals surface area (Å²) in [6.45, 7) is 7.08. The molecule has 7 heteroatoms. The molecule has 7 nitrogen and oxygen atoms in total. The summed E-state index contributed by atoms with van der Waals surface area (Å²) in [4.78, 5) is 37.9. The van der Waals surface area contributed by atoms with Gasteiger partial charge in [-0.1, -0.05) is 72.8 Å². The summed E-state index contributed by atoms with van der Waals surface area (Å²) in [7, 11) is 0. The van der Waals surface area contributed by atoms with Gasteiger partial charge in [0.2, 0.25) is 11.8 Å². The van der Waals surface area contributed by atoms with Gasteiger partial charge in [-0.15, -0.1) is 13.2 Å². The summed E-state index contributed by atoms with van der Waals surface area (Å²) in [5, 5.41) is 15.5. The van der Waals surface area contributed by atoms with Crippen LogP contribution < -0.4 is 10.6 Å². The number of aliphatic hydroxyl groups excluding tert-OH is 1. The number of nitrogens with one attached hydrogen (secondary N) is 2. The number of carbonyl (C=O) groups excluding carboxylic acids is 3. The summed E-state index contributed by atoms with van der Waals surface area (Å²) in [6, 6.07) is 17.7. The van der Waals surface area contributed by atoms with E-state index < -0.39 is 18.0 Å². The van der Waals surface area contributed by atoms with E-state index in [4.69, 9.17) is 4.74 Å². The Labute approximate surface area is 213 Å². The molecule has 0 radical (unpaired) electrons. The van der Waals surface area contributed by atoms with Crippen molar-refractivity contribution in [3.8, 4) is 0 Å². The Morgan fingerprint density at radius 1 is 0.944 bits per heavy atom. The number of amides is 2. The SMILES string of the molecule is C=CCCC(=O)OCC(NC(=O)C(CC=C)CC(=O)NC(CO)Cc1ccccc1)c1ccccc1. The first-order chi connectivity index (χ1) is 17.5. The molecule has 3 N–H and O–H groups in total. The first kappa shape index (κ1) is 28.5. The van der Waals surface area contributed by atoms with Gasteiger partial charge < -0.3 is 20.5 Å². The molecule has 0 aliphatic rings. The zero-order valence-electron chi connectivity index (χ0n) is 20.6. The molecule has 2 aromatic carbocycles. The van der Waals surface area contributed by atoms with Crippen LogP contribution in [0.4, 0.5) is 0 Å². The molecule has 0 saturated heterocycles. The van der Waals surface area contributed by atoms with Crippen LogP contribution in [-0.4, -0.2) is 42.1 Å². The lowest BCUT2D eigenvalue weighted by atomic mass is 9.98. The van der Waals surface area contributed by atoms with E-state index in [1.54, 1.807) is 12.2 Å². The van der Waals surface area contributed by atoms with Gasteiger partial charge >= 0.3 is 5.97 Å². The van der Waals surface area contributed by atoms with Gasteiger partial charge in [0.25, 0.3) is 0 Å². The third-order valence-corrected chi connectivity index (χ3v) is 5.65. The minimum absolute atomic E-state index is 0.0254. The van der Waals surface area contributed by atoms with Crippen LogP contribution in [0.5, 0.6) is 0 Å². The molecule has 0 fully saturated rings. The van der Waals surface area contributed by atoms with E-state index in [-0.39, 0.29) is 43.8 Å². The third-order valence-electron chi connectivity index (χ3n) is 5.65. The van der Waals surface area contributed by atoms with Crippen LogP contribution in [0.2, 0.25) is 0 Å². The Kier molecular flexibility index (Phi) is 12.7. The average Bonchev–Trinajstić information content (AvgIpc) is 2.90. The number of rotatable bonds is 16. The highest BCUT2D eigenvalue weighted by atomic mass is 16.5. The van der Waals surface area contributed by atoms with Crippen molar-refractivity contribution in [3.63, 3.8) is 0 Å². The number of aliphatic hydroxyl groups is 1. The second-order valence-electron chi connectivity index (χ2n) is 8.54. The third kappa shape index (κ3) is 10.3. The Hall–Kier alpha value is -3.71. The standard InChI is InChI=1S/C29H36N2O5/c1-3-5-17-28(34)36-21-26(23-15-10-7-11-16-23)31-29(35)24(12-4-2)19-27(33)30-25(20-32)18-22-13-8-6-9-14-22/h3-4,6-11,13-16,24-26,32H,1-2,5,12,17-21H2,(H,30,33)(H,31,35). The number of ether oxygens (including phenoxy) is 1. The van der Waals surface area contributed by atoms with Crippen molar-refractivity contribution in [1.82, 2.24) is 10.6 Å². The van der Waals surface area contributed by atoms with Gasteiger partial charge in [0.1, 0.15) is 6.61 Å². The molecule has 0 spiro atoms. The average molecular weight is 493 g/mol. The molecule has 0 aliphatic carbocycles. The van der Waals surface area contributed by atoms with Crippen molar-refractivity contribution in [2.24, 2.45) is 5.92 Å². The van der Waals surface area contributed by atoms with Gasteiger partial charge in [0, 0.05) is 12.8 Å². The minimum atomic E-state index is -0.666. The van der Waals surface area contributed by atoms with Gasteiger partial charge in [-0.3, -0.25) is 14.4 Å². The molecule has 2 rings (SSSR count). The molecule has 0 aliphatic heterocycles. The largest absolute Gasteiger partial charge is 0.463 e. The fourth-order valence-electron chi connectivity index (χ4n) is 3.72. The quantitative estimate of drug-likeness (QED) is 0.245. The minimum Gasteiger partial charge on any atom is -0.463 e. The van der Waals surface area contributed by atoms with E-state index in [1.807, 2.05) is 60.7 Å². The van der Waals surface area contributed by atoms with E-state index in [1.165, 1.54) is 0 Å². The molecule has 3 atom stereocenters. The van der Waals surface area contributed by atoms with Crippen molar-refractivity contribution >= 4 is 17.8 Å². The highest BCUT2D eigenvalue weighted by molar-refractivity contribution is 5.86. The maximum atomic E-state index is 13.2. The molecule has 0 bridgehead atoms. The fourth-order valence-corrected chi connectivity index (χ4v) is 3.72. The van der Waals surface area contributed by atoms with Crippen molar-refractivity contribution in [3.05, 3.63) is 97.1 Å². The lowest BCUT2D eigenvalue weighted by molar-refractivity contribution is -0.145. The second kappa shape index (κ2) is 16.1. The smallest absolute Gasteiger partial charge is 0.306 e. The Bertz CT molecular complexity index is 978. The van der Waals surface area contributed by atoms with Crippen LogP contribution >= 0.6 is 0 Å². The van der Waals surface area contributed by atoms with E-state index in [2.05, 4.69) is 23.8 Å². The Balaban J connectivity index is 2.02. The van der Waals surface area contributed by atoms with Crippen molar-refractivity contribution in [2.75, 3.05) is 13.2 Å². The predicted molar refractivity (Wildman–Crippen MR) is 140 cm³/mol. The Morgan fingerprint density at radius 3 is 2.22 bits per heavy atom. The molecule has 0 heterocycles. The van der Waals surface area contributed by atoms with Crippen LogP contribution in [0, 0.1) is 5.92 Å². The number of benzene rings is 2.